The summed E-state index contributed by atoms with van der Waals surface area (Å²) in [5, 5.41) is 8.42. The zero-order valence-electron chi connectivity index (χ0n) is 9.05. The molecule has 7 heteroatoms. The van der Waals surface area contributed by atoms with Crippen LogP contribution in [0.5, 0.6) is 0 Å². The smallest absolute Gasteiger partial charge is 0.324 e. The quantitative estimate of drug-likeness (QED) is 0.645. The Bertz CT molecular complexity index is 398. The van der Waals surface area contributed by atoms with E-state index in [1.165, 1.54) is 0 Å². The van der Waals surface area contributed by atoms with Gasteiger partial charge in [0.05, 0.1) is 12.7 Å². The molecule has 0 aliphatic carbocycles. The second kappa shape index (κ2) is 5.27. The molecule has 0 aromatic rings. The van der Waals surface area contributed by atoms with Crippen molar-refractivity contribution in [1.82, 2.24) is 4.31 Å². The van der Waals surface area contributed by atoms with E-state index < -0.39 is 27.8 Å². The van der Waals surface area contributed by atoms with Gasteiger partial charge in [-0.05, 0) is 19.8 Å². The molecular weight excluding hydrogens is 232 g/mol. The van der Waals surface area contributed by atoms with E-state index in [-0.39, 0.29) is 13.2 Å². The monoisotopic (exact) mass is 246 g/mol. The molecule has 0 amide bonds. The SMILES string of the molecule is CCOC(=O)C1CCCN1S(=O)(=O)CC#N. The van der Waals surface area contributed by atoms with Crippen molar-refractivity contribution in [3.05, 3.63) is 0 Å². The number of nitriles is 1. The first-order valence-electron chi connectivity index (χ1n) is 5.06. The summed E-state index contributed by atoms with van der Waals surface area (Å²) in [5.74, 6) is -1.12. The summed E-state index contributed by atoms with van der Waals surface area (Å²) in [5.41, 5.74) is 0. The van der Waals surface area contributed by atoms with E-state index in [0.717, 1.165) is 4.31 Å². The van der Waals surface area contributed by atoms with Gasteiger partial charge in [-0.2, -0.15) is 9.57 Å². The predicted octanol–water partition coefficient (Wildman–Crippen LogP) is -0.133. The number of hydrogen-bond acceptors (Lipinski definition) is 5. The molecule has 1 atom stereocenters. The highest BCUT2D eigenvalue weighted by atomic mass is 32.2. The van der Waals surface area contributed by atoms with Gasteiger partial charge in [0.15, 0.2) is 5.75 Å². The van der Waals surface area contributed by atoms with Crippen LogP contribution in [0, 0.1) is 11.3 Å². The summed E-state index contributed by atoms with van der Waals surface area (Å²) in [6.07, 6.45) is 1.08. The van der Waals surface area contributed by atoms with Gasteiger partial charge in [0.25, 0.3) is 0 Å². The molecule has 0 radical (unpaired) electrons. The number of esters is 1. The van der Waals surface area contributed by atoms with Gasteiger partial charge < -0.3 is 4.74 Å². The molecule has 1 heterocycles. The zero-order valence-corrected chi connectivity index (χ0v) is 9.87. The molecule has 90 valence electrons. The number of nitrogens with zero attached hydrogens (tertiary/aromatic N) is 2. The number of rotatable bonds is 4. The highest BCUT2D eigenvalue weighted by Crippen LogP contribution is 2.22. The number of carbonyl (C=O) groups is 1. The summed E-state index contributed by atoms with van der Waals surface area (Å²) < 4.78 is 29.2. The third-order valence-corrected chi connectivity index (χ3v) is 4.01. The molecule has 6 nitrogen and oxygen atoms in total. The van der Waals surface area contributed by atoms with Gasteiger partial charge >= 0.3 is 5.97 Å². The van der Waals surface area contributed by atoms with Crippen LogP contribution in [0.15, 0.2) is 0 Å². The van der Waals surface area contributed by atoms with Crippen molar-refractivity contribution >= 4 is 16.0 Å². The lowest BCUT2D eigenvalue weighted by atomic mass is 10.2. The van der Waals surface area contributed by atoms with Gasteiger partial charge in [-0.25, -0.2) is 8.42 Å². The molecule has 1 aliphatic heterocycles. The molecule has 0 saturated carbocycles. The maximum absolute atomic E-state index is 11.6. The molecule has 1 unspecified atom stereocenters. The van der Waals surface area contributed by atoms with Crippen LogP contribution >= 0.6 is 0 Å². The lowest BCUT2D eigenvalue weighted by molar-refractivity contribution is -0.146. The van der Waals surface area contributed by atoms with Crippen molar-refractivity contribution in [1.29, 1.82) is 5.26 Å². The van der Waals surface area contributed by atoms with Gasteiger partial charge in [-0.15, -0.1) is 0 Å². The van der Waals surface area contributed by atoms with Gasteiger partial charge in [-0.3, -0.25) is 4.79 Å². The highest BCUT2D eigenvalue weighted by Gasteiger charge is 2.39. The van der Waals surface area contributed by atoms with Crippen LogP contribution in [0.3, 0.4) is 0 Å². The maximum atomic E-state index is 11.6. The standard InChI is InChI=1S/C9H14N2O4S/c1-2-15-9(12)8-4-3-6-11(8)16(13,14)7-5-10/h8H,2-4,6-7H2,1H3. The van der Waals surface area contributed by atoms with Gasteiger partial charge in [-0.1, -0.05) is 0 Å². The maximum Gasteiger partial charge on any atom is 0.324 e. The van der Waals surface area contributed by atoms with Crippen LogP contribution in [-0.4, -0.2) is 43.6 Å². The number of carbonyl (C=O) groups excluding carboxylic acids is 1. The summed E-state index contributed by atoms with van der Waals surface area (Å²) >= 11 is 0. The lowest BCUT2D eigenvalue weighted by Gasteiger charge is -2.20. The molecule has 1 fully saturated rings. The van der Waals surface area contributed by atoms with Crippen LogP contribution in [-0.2, 0) is 19.6 Å². The Morgan fingerprint density at radius 3 is 2.88 bits per heavy atom. The average Bonchev–Trinajstić information content (AvgIpc) is 2.66. The molecule has 0 spiro atoms. The van der Waals surface area contributed by atoms with E-state index in [0.29, 0.717) is 12.8 Å². The molecule has 0 aromatic heterocycles. The predicted molar refractivity (Wildman–Crippen MR) is 55.8 cm³/mol. The van der Waals surface area contributed by atoms with Crippen molar-refractivity contribution in [2.45, 2.75) is 25.8 Å². The summed E-state index contributed by atoms with van der Waals surface area (Å²) in [6.45, 7) is 2.18. The van der Waals surface area contributed by atoms with E-state index in [4.69, 9.17) is 10.00 Å². The van der Waals surface area contributed by atoms with Gasteiger partial charge in [0.2, 0.25) is 10.0 Å². The fourth-order valence-corrected chi connectivity index (χ4v) is 3.03. The second-order valence-electron chi connectivity index (χ2n) is 3.44. The van der Waals surface area contributed by atoms with Crippen molar-refractivity contribution in [2.75, 3.05) is 18.9 Å². The Morgan fingerprint density at radius 1 is 1.62 bits per heavy atom. The first-order chi connectivity index (χ1) is 7.53. The van der Waals surface area contributed by atoms with Gasteiger partial charge in [0, 0.05) is 6.54 Å². The van der Waals surface area contributed by atoms with E-state index in [2.05, 4.69) is 0 Å². The Balaban J connectivity index is 2.81. The summed E-state index contributed by atoms with van der Waals surface area (Å²) in [7, 11) is -3.65. The molecule has 1 rings (SSSR count). The van der Waals surface area contributed by atoms with Crippen molar-refractivity contribution < 1.29 is 17.9 Å². The van der Waals surface area contributed by atoms with Gasteiger partial charge in [0.1, 0.15) is 6.04 Å². The number of hydrogen-bond donors (Lipinski definition) is 0. The molecule has 0 N–H and O–H groups in total. The zero-order chi connectivity index (χ0) is 12.2. The van der Waals surface area contributed by atoms with Crippen LogP contribution in [0.25, 0.3) is 0 Å². The first-order valence-corrected chi connectivity index (χ1v) is 6.67. The van der Waals surface area contributed by atoms with E-state index in [1.807, 2.05) is 0 Å². The molecule has 0 aromatic carbocycles. The topological polar surface area (TPSA) is 87.5 Å². The average molecular weight is 246 g/mol. The Kier molecular flexibility index (Phi) is 4.26. The number of sulfonamides is 1. The fourth-order valence-electron chi connectivity index (χ4n) is 1.71. The lowest BCUT2D eigenvalue weighted by Crippen LogP contribution is -2.42. The summed E-state index contributed by atoms with van der Waals surface area (Å²) in [6, 6.07) is 0.843. The van der Waals surface area contributed by atoms with Crippen LogP contribution in [0.1, 0.15) is 19.8 Å². The van der Waals surface area contributed by atoms with Crippen molar-refractivity contribution in [3.8, 4) is 6.07 Å². The normalized spacial score (nSPS) is 21.6. The minimum absolute atomic E-state index is 0.224. The van der Waals surface area contributed by atoms with E-state index in [9.17, 15) is 13.2 Å². The Labute approximate surface area is 94.8 Å². The first kappa shape index (κ1) is 12.9. The molecular formula is C9H14N2O4S. The van der Waals surface area contributed by atoms with Crippen molar-refractivity contribution in [2.24, 2.45) is 0 Å². The highest BCUT2D eigenvalue weighted by molar-refractivity contribution is 7.89. The van der Waals surface area contributed by atoms with E-state index in [1.54, 1.807) is 13.0 Å². The third kappa shape index (κ3) is 2.71. The van der Waals surface area contributed by atoms with Crippen LogP contribution in [0.4, 0.5) is 0 Å². The largest absolute Gasteiger partial charge is 0.465 e. The second-order valence-corrected chi connectivity index (χ2v) is 5.36. The minimum Gasteiger partial charge on any atom is -0.465 e. The molecule has 1 saturated heterocycles. The molecule has 16 heavy (non-hydrogen) atoms. The van der Waals surface area contributed by atoms with E-state index >= 15 is 0 Å². The molecule has 0 bridgehead atoms. The number of ether oxygens (including phenoxy) is 1. The van der Waals surface area contributed by atoms with Crippen LogP contribution < -0.4 is 0 Å². The fraction of sp³-hybridized carbons (Fsp3) is 0.778. The minimum atomic E-state index is -3.65. The van der Waals surface area contributed by atoms with Crippen molar-refractivity contribution in [3.63, 3.8) is 0 Å². The summed E-state index contributed by atoms with van der Waals surface area (Å²) in [4.78, 5) is 11.5. The Hall–Kier alpha value is -1.13. The third-order valence-electron chi connectivity index (χ3n) is 2.37. The molecule has 1 aliphatic rings. The van der Waals surface area contributed by atoms with Crippen LogP contribution in [0.2, 0.25) is 0 Å². The Morgan fingerprint density at radius 2 is 2.31 bits per heavy atom.